The van der Waals surface area contributed by atoms with Crippen molar-refractivity contribution >= 4 is 12.1 Å². The monoisotopic (exact) mass is 417 g/mol. The van der Waals surface area contributed by atoms with Crippen molar-refractivity contribution in [3.8, 4) is 23.0 Å². The van der Waals surface area contributed by atoms with Gasteiger partial charge in [-0.1, -0.05) is 0 Å². The first-order chi connectivity index (χ1) is 14.5. The normalized spacial score (nSPS) is 10.8. The molecule has 0 fully saturated rings. The lowest BCUT2D eigenvalue weighted by molar-refractivity contribution is 0.0954. The number of aliphatic hydroxyl groups excluding tert-OH is 1. The zero-order valence-corrected chi connectivity index (χ0v) is 17.6. The largest absolute Gasteiger partial charge is 0.505 e. The predicted molar refractivity (Wildman–Crippen MR) is 112 cm³/mol. The second-order valence-electron chi connectivity index (χ2n) is 6.09. The smallest absolute Gasteiger partial charge is 0.271 e. The minimum Gasteiger partial charge on any atom is -0.505 e. The van der Waals surface area contributed by atoms with Gasteiger partial charge in [-0.3, -0.25) is 9.78 Å². The quantitative estimate of drug-likeness (QED) is 0.401. The maximum Gasteiger partial charge on any atom is 0.271 e. The van der Waals surface area contributed by atoms with Gasteiger partial charge in [0, 0.05) is 22.9 Å². The molecule has 0 saturated heterocycles. The molecule has 0 atom stereocenters. The molecule has 9 nitrogen and oxygen atoms in total. The van der Waals surface area contributed by atoms with Crippen LogP contribution in [0.3, 0.4) is 0 Å². The molecule has 3 N–H and O–H groups in total. The Hall–Kier alpha value is -3.33. The van der Waals surface area contributed by atoms with E-state index >= 15 is 0 Å². The van der Waals surface area contributed by atoms with Crippen molar-refractivity contribution in [2.24, 2.45) is 5.10 Å². The number of nitrogens with one attached hydrogen (secondary N) is 1. The third-order valence-electron chi connectivity index (χ3n) is 4.06. The summed E-state index contributed by atoms with van der Waals surface area (Å²) in [5, 5.41) is 23.5. The van der Waals surface area contributed by atoms with Crippen LogP contribution in [0.25, 0.3) is 0 Å². The van der Waals surface area contributed by atoms with Gasteiger partial charge < -0.3 is 24.4 Å². The molecule has 1 aromatic heterocycles. The van der Waals surface area contributed by atoms with Gasteiger partial charge in [0.15, 0.2) is 11.5 Å². The number of hydrazone groups is 1. The van der Waals surface area contributed by atoms with Crippen molar-refractivity contribution in [2.75, 3.05) is 19.8 Å². The van der Waals surface area contributed by atoms with E-state index in [4.69, 9.17) is 14.2 Å². The van der Waals surface area contributed by atoms with E-state index in [9.17, 15) is 15.0 Å². The van der Waals surface area contributed by atoms with Crippen LogP contribution in [-0.4, -0.2) is 47.1 Å². The molecule has 162 valence electrons. The topological polar surface area (TPSA) is 123 Å². The highest BCUT2D eigenvalue weighted by Gasteiger charge is 2.18. The van der Waals surface area contributed by atoms with Crippen molar-refractivity contribution in [1.82, 2.24) is 10.4 Å². The van der Waals surface area contributed by atoms with Gasteiger partial charge in [0.1, 0.15) is 5.75 Å². The van der Waals surface area contributed by atoms with Crippen LogP contribution in [0.5, 0.6) is 23.0 Å². The summed E-state index contributed by atoms with van der Waals surface area (Å²) in [6.07, 6.45) is 2.70. The molecule has 1 aromatic carbocycles. The lowest BCUT2D eigenvalue weighted by Crippen LogP contribution is -2.18. The van der Waals surface area contributed by atoms with Crippen LogP contribution in [-0.2, 0) is 6.61 Å². The second kappa shape index (κ2) is 11.0. The van der Waals surface area contributed by atoms with E-state index in [1.54, 1.807) is 19.1 Å². The summed E-state index contributed by atoms with van der Waals surface area (Å²) in [5.41, 5.74) is 3.71. The summed E-state index contributed by atoms with van der Waals surface area (Å²) in [5.74, 6) is 0.602. The Bertz CT molecular complexity index is 887. The van der Waals surface area contributed by atoms with E-state index in [1.807, 2.05) is 20.8 Å². The Labute approximate surface area is 175 Å². The average molecular weight is 417 g/mol. The molecule has 0 aliphatic heterocycles. The van der Waals surface area contributed by atoms with Gasteiger partial charge in [0.25, 0.3) is 5.91 Å². The summed E-state index contributed by atoms with van der Waals surface area (Å²) < 4.78 is 16.8. The molecule has 1 amide bonds. The minimum atomic E-state index is -0.507. The number of aryl methyl sites for hydroxylation is 1. The fraction of sp³-hybridized carbons (Fsp3) is 0.381. The fourth-order valence-corrected chi connectivity index (χ4v) is 2.66. The third-order valence-corrected chi connectivity index (χ3v) is 4.06. The zero-order valence-electron chi connectivity index (χ0n) is 17.6. The van der Waals surface area contributed by atoms with Crippen LogP contribution in [0, 0.1) is 6.92 Å². The van der Waals surface area contributed by atoms with Crippen molar-refractivity contribution in [3.63, 3.8) is 0 Å². The number of ether oxygens (including phenoxy) is 3. The maximum atomic E-state index is 12.6. The summed E-state index contributed by atoms with van der Waals surface area (Å²) in [6, 6.07) is 3.10. The highest BCUT2D eigenvalue weighted by Crippen LogP contribution is 2.39. The minimum absolute atomic E-state index is 0.113. The number of hydrogen-bond donors (Lipinski definition) is 3. The van der Waals surface area contributed by atoms with Crippen LogP contribution in [0.15, 0.2) is 23.4 Å². The average Bonchev–Trinajstić information content (AvgIpc) is 2.73. The first-order valence-electron chi connectivity index (χ1n) is 9.64. The molecule has 0 radical (unpaired) electrons. The molecule has 1 heterocycles. The van der Waals surface area contributed by atoms with Gasteiger partial charge in [-0.15, -0.1) is 0 Å². The fourth-order valence-electron chi connectivity index (χ4n) is 2.66. The molecule has 9 heteroatoms. The lowest BCUT2D eigenvalue weighted by atomic mass is 10.1. The predicted octanol–water partition coefficient (Wildman–Crippen LogP) is 2.55. The standard InChI is InChI=1S/C21H27N3O6/c1-5-28-17-8-14(9-18(29-6-2)20(17)30-7-3)21(27)24-23-11-16-15(12-25)10-22-13(4)19(16)26/h8-11,25-26H,5-7,12H2,1-4H3,(H,24,27)/b23-11-. The first kappa shape index (κ1) is 23.0. The number of aromatic nitrogens is 1. The summed E-state index contributed by atoms with van der Waals surface area (Å²) in [7, 11) is 0. The number of benzene rings is 1. The molecule has 0 aliphatic rings. The molecule has 0 unspecified atom stereocenters. The Morgan fingerprint density at radius 1 is 1.13 bits per heavy atom. The van der Waals surface area contributed by atoms with E-state index in [2.05, 4.69) is 15.5 Å². The van der Waals surface area contributed by atoms with Gasteiger partial charge in [-0.05, 0) is 39.8 Å². The molecule has 0 spiro atoms. The van der Waals surface area contributed by atoms with Crippen LogP contribution in [0.1, 0.15) is 48.0 Å². The number of rotatable bonds is 10. The van der Waals surface area contributed by atoms with Crippen LogP contribution < -0.4 is 19.6 Å². The molecule has 0 bridgehead atoms. The Kier molecular flexibility index (Phi) is 8.42. The summed E-state index contributed by atoms with van der Waals surface area (Å²) in [4.78, 5) is 16.6. The van der Waals surface area contributed by atoms with E-state index in [0.717, 1.165) is 0 Å². The SMILES string of the molecule is CCOc1cc(C(=O)N/N=C\c2c(CO)cnc(C)c2O)cc(OCC)c1OCC. The molecule has 30 heavy (non-hydrogen) atoms. The number of aromatic hydroxyl groups is 1. The van der Waals surface area contributed by atoms with E-state index < -0.39 is 5.91 Å². The van der Waals surface area contributed by atoms with Gasteiger partial charge in [-0.2, -0.15) is 5.10 Å². The van der Waals surface area contributed by atoms with Gasteiger partial charge in [0.2, 0.25) is 5.75 Å². The Morgan fingerprint density at radius 2 is 1.73 bits per heavy atom. The number of pyridine rings is 1. The van der Waals surface area contributed by atoms with Gasteiger partial charge in [0.05, 0.1) is 38.3 Å². The Balaban J connectivity index is 2.31. The zero-order chi connectivity index (χ0) is 22.1. The number of aliphatic hydroxyl groups is 1. The Morgan fingerprint density at radius 3 is 2.27 bits per heavy atom. The molecular weight excluding hydrogens is 390 g/mol. The van der Waals surface area contributed by atoms with Crippen molar-refractivity contribution in [2.45, 2.75) is 34.3 Å². The molecule has 2 aromatic rings. The first-order valence-corrected chi connectivity index (χ1v) is 9.64. The summed E-state index contributed by atoms with van der Waals surface area (Å²) in [6.45, 7) is 7.99. The van der Waals surface area contributed by atoms with Crippen molar-refractivity contribution < 1.29 is 29.2 Å². The van der Waals surface area contributed by atoms with Crippen LogP contribution in [0.2, 0.25) is 0 Å². The molecule has 0 saturated carbocycles. The molecule has 0 aliphatic carbocycles. The van der Waals surface area contributed by atoms with E-state index in [0.29, 0.717) is 48.3 Å². The van der Waals surface area contributed by atoms with E-state index in [-0.39, 0.29) is 23.5 Å². The van der Waals surface area contributed by atoms with Gasteiger partial charge in [-0.25, -0.2) is 5.43 Å². The van der Waals surface area contributed by atoms with Crippen LogP contribution >= 0.6 is 0 Å². The third kappa shape index (κ3) is 5.38. The van der Waals surface area contributed by atoms with Crippen molar-refractivity contribution in [1.29, 1.82) is 0 Å². The number of nitrogens with zero attached hydrogens (tertiary/aromatic N) is 2. The second-order valence-corrected chi connectivity index (χ2v) is 6.09. The molecule has 2 rings (SSSR count). The van der Waals surface area contributed by atoms with Crippen molar-refractivity contribution in [3.05, 3.63) is 40.7 Å². The van der Waals surface area contributed by atoms with Gasteiger partial charge >= 0.3 is 0 Å². The number of carbonyl (C=O) groups is 1. The number of hydrogen-bond acceptors (Lipinski definition) is 8. The highest BCUT2D eigenvalue weighted by molar-refractivity contribution is 5.96. The highest BCUT2D eigenvalue weighted by atomic mass is 16.5. The molecular formula is C21H27N3O6. The lowest BCUT2D eigenvalue weighted by Gasteiger charge is -2.16. The number of carbonyl (C=O) groups excluding carboxylic acids is 1. The maximum absolute atomic E-state index is 12.6. The van der Waals surface area contributed by atoms with E-state index in [1.165, 1.54) is 12.4 Å². The summed E-state index contributed by atoms with van der Waals surface area (Å²) >= 11 is 0. The van der Waals surface area contributed by atoms with Crippen LogP contribution in [0.4, 0.5) is 0 Å². The number of amides is 1.